The van der Waals surface area contributed by atoms with Gasteiger partial charge in [0.1, 0.15) is 4.88 Å². The molecule has 0 saturated carbocycles. The van der Waals surface area contributed by atoms with Crippen LogP contribution in [0.3, 0.4) is 0 Å². The van der Waals surface area contributed by atoms with Gasteiger partial charge in [0.15, 0.2) is 0 Å². The number of rotatable bonds is 5. The minimum Gasteiger partial charge on any atom is -0.465 e. The van der Waals surface area contributed by atoms with Crippen LogP contribution in [0, 0.1) is 6.92 Å². The molecule has 0 aliphatic heterocycles. The van der Waals surface area contributed by atoms with Crippen molar-refractivity contribution in [3.05, 3.63) is 45.6 Å². The number of thiophene rings is 1. The molecule has 0 atom stereocenters. The van der Waals surface area contributed by atoms with Crippen LogP contribution >= 0.6 is 11.3 Å². The van der Waals surface area contributed by atoms with Gasteiger partial charge in [-0.3, -0.25) is 0 Å². The Labute approximate surface area is 145 Å². The molecule has 136 valence electrons. The molecule has 11 heteroatoms. The molecule has 1 aromatic heterocycles. The minimum absolute atomic E-state index is 0.162. The first-order chi connectivity index (χ1) is 11.6. The lowest BCUT2D eigenvalue weighted by atomic mass is 10.2. The first kappa shape index (κ1) is 19.2. The van der Waals surface area contributed by atoms with Crippen molar-refractivity contribution in [2.75, 3.05) is 12.5 Å². The van der Waals surface area contributed by atoms with Gasteiger partial charge in [-0.1, -0.05) is 0 Å². The second-order valence-corrected chi connectivity index (χ2v) is 7.43. The van der Waals surface area contributed by atoms with Crippen LogP contribution in [0.25, 0.3) is 0 Å². The van der Waals surface area contributed by atoms with E-state index in [9.17, 15) is 26.4 Å². The third-order valence-corrected chi connectivity index (χ3v) is 5.49. The largest absolute Gasteiger partial charge is 0.465 e. The number of ether oxygens (including phenoxy) is 1. The summed E-state index contributed by atoms with van der Waals surface area (Å²) < 4.78 is 66.5. The first-order valence-corrected chi connectivity index (χ1v) is 9.04. The third-order valence-electron chi connectivity index (χ3n) is 3.15. The number of sulfonamides is 1. The standard InChI is InChI=1S/C14H13F3N2O4S2/c1-8-7-24-12(13(20)23-2)11(8)18-19-25(21,22)10-5-3-9(4-6-10)14(15,16)17/h3-7,18-19H,1-2H3. The second kappa shape index (κ2) is 7.02. The van der Waals surface area contributed by atoms with Gasteiger partial charge in [0.2, 0.25) is 0 Å². The summed E-state index contributed by atoms with van der Waals surface area (Å²) in [6.07, 6.45) is -4.56. The molecule has 2 rings (SSSR count). The summed E-state index contributed by atoms with van der Waals surface area (Å²) >= 11 is 1.06. The van der Waals surface area contributed by atoms with E-state index in [1.165, 1.54) is 7.11 Å². The monoisotopic (exact) mass is 394 g/mol. The van der Waals surface area contributed by atoms with Crippen LogP contribution in [-0.2, 0) is 20.9 Å². The SMILES string of the molecule is COC(=O)c1scc(C)c1NNS(=O)(=O)c1ccc(C(F)(F)F)cc1. The van der Waals surface area contributed by atoms with Crippen LogP contribution in [0.5, 0.6) is 0 Å². The molecule has 0 amide bonds. The Morgan fingerprint density at radius 3 is 2.32 bits per heavy atom. The fourth-order valence-corrected chi connectivity index (χ4v) is 3.61. The van der Waals surface area contributed by atoms with Crippen LogP contribution in [0.4, 0.5) is 18.9 Å². The number of hydrogen-bond donors (Lipinski definition) is 2. The van der Waals surface area contributed by atoms with Gasteiger partial charge in [-0.25, -0.2) is 13.2 Å². The zero-order valence-electron chi connectivity index (χ0n) is 13.0. The average Bonchev–Trinajstić information content (AvgIpc) is 2.92. The quantitative estimate of drug-likeness (QED) is 0.601. The molecule has 25 heavy (non-hydrogen) atoms. The predicted molar refractivity (Wildman–Crippen MR) is 85.8 cm³/mol. The van der Waals surface area contributed by atoms with Crippen molar-refractivity contribution in [3.63, 3.8) is 0 Å². The number of carbonyl (C=O) groups is 1. The van der Waals surface area contributed by atoms with E-state index >= 15 is 0 Å². The number of halogens is 3. The van der Waals surface area contributed by atoms with E-state index in [4.69, 9.17) is 0 Å². The Balaban J connectivity index is 2.20. The van der Waals surface area contributed by atoms with Crippen LogP contribution in [0.2, 0.25) is 0 Å². The molecule has 0 fully saturated rings. The highest BCUT2D eigenvalue weighted by Crippen LogP contribution is 2.30. The summed E-state index contributed by atoms with van der Waals surface area (Å²) in [5.74, 6) is -0.644. The summed E-state index contributed by atoms with van der Waals surface area (Å²) in [7, 11) is -2.95. The molecule has 0 spiro atoms. The molecule has 6 nitrogen and oxygen atoms in total. The smallest absolute Gasteiger partial charge is 0.416 e. The number of benzene rings is 1. The number of hydrazine groups is 1. The van der Waals surface area contributed by atoms with Crippen LogP contribution < -0.4 is 10.3 Å². The van der Waals surface area contributed by atoms with Gasteiger partial charge in [0.25, 0.3) is 10.0 Å². The molecule has 0 radical (unpaired) electrons. The van der Waals surface area contributed by atoms with Gasteiger partial charge >= 0.3 is 12.1 Å². The Morgan fingerprint density at radius 2 is 1.80 bits per heavy atom. The Hall–Kier alpha value is -2.11. The molecule has 1 aromatic carbocycles. The number of methoxy groups -OCH3 is 1. The molecule has 0 bridgehead atoms. The van der Waals surface area contributed by atoms with Gasteiger partial charge in [0, 0.05) is 0 Å². The number of carbonyl (C=O) groups excluding carboxylic acids is 1. The summed E-state index contributed by atoms with van der Waals surface area (Å²) in [5.41, 5.74) is 2.27. The molecular weight excluding hydrogens is 381 g/mol. The number of alkyl halides is 3. The van der Waals surface area contributed by atoms with Crippen molar-refractivity contribution in [1.29, 1.82) is 0 Å². The third kappa shape index (κ3) is 4.30. The highest BCUT2D eigenvalue weighted by molar-refractivity contribution is 7.89. The van der Waals surface area contributed by atoms with Gasteiger partial charge < -0.3 is 10.2 Å². The van der Waals surface area contributed by atoms with Crippen molar-refractivity contribution >= 4 is 33.0 Å². The van der Waals surface area contributed by atoms with Crippen molar-refractivity contribution < 1.29 is 31.1 Å². The fourth-order valence-electron chi connectivity index (χ4n) is 1.84. The topological polar surface area (TPSA) is 84.5 Å². The lowest BCUT2D eigenvalue weighted by Crippen LogP contribution is -2.30. The fraction of sp³-hybridized carbons (Fsp3) is 0.214. The molecule has 2 aromatic rings. The van der Waals surface area contributed by atoms with E-state index in [1.807, 2.05) is 4.83 Å². The highest BCUT2D eigenvalue weighted by atomic mass is 32.2. The van der Waals surface area contributed by atoms with Crippen molar-refractivity contribution in [2.24, 2.45) is 0 Å². The van der Waals surface area contributed by atoms with Gasteiger partial charge in [-0.05, 0) is 42.1 Å². The zero-order chi connectivity index (χ0) is 18.8. The maximum Gasteiger partial charge on any atom is 0.416 e. The summed E-state index contributed by atoms with van der Waals surface area (Å²) in [6.45, 7) is 1.65. The Bertz CT molecular complexity index is 874. The number of anilines is 1. The summed E-state index contributed by atoms with van der Waals surface area (Å²) in [6, 6.07) is 3.03. The van der Waals surface area contributed by atoms with Crippen LogP contribution in [0.1, 0.15) is 20.8 Å². The molecule has 1 heterocycles. The molecular formula is C14H13F3N2O4S2. The zero-order valence-corrected chi connectivity index (χ0v) is 14.6. The lowest BCUT2D eigenvalue weighted by Gasteiger charge is -2.12. The Morgan fingerprint density at radius 1 is 1.20 bits per heavy atom. The Kier molecular flexibility index (Phi) is 5.40. The van der Waals surface area contributed by atoms with E-state index in [2.05, 4.69) is 10.2 Å². The second-order valence-electron chi connectivity index (χ2n) is 4.87. The van der Waals surface area contributed by atoms with Gasteiger partial charge in [0.05, 0.1) is 23.3 Å². The number of aryl methyl sites for hydroxylation is 1. The molecule has 2 N–H and O–H groups in total. The molecule has 0 aliphatic carbocycles. The minimum atomic E-state index is -4.56. The van der Waals surface area contributed by atoms with E-state index in [-0.39, 0.29) is 15.5 Å². The van der Waals surface area contributed by atoms with Crippen LogP contribution in [0.15, 0.2) is 34.5 Å². The van der Waals surface area contributed by atoms with Crippen molar-refractivity contribution in [1.82, 2.24) is 4.83 Å². The van der Waals surface area contributed by atoms with Gasteiger partial charge in [-0.2, -0.15) is 13.2 Å². The summed E-state index contributed by atoms with van der Waals surface area (Å²) in [5, 5.41) is 1.63. The van der Waals surface area contributed by atoms with Crippen molar-refractivity contribution in [2.45, 2.75) is 18.0 Å². The average molecular weight is 394 g/mol. The molecule has 0 saturated heterocycles. The summed E-state index contributed by atoms with van der Waals surface area (Å²) in [4.78, 5) is 13.5. The van der Waals surface area contributed by atoms with E-state index in [0.29, 0.717) is 17.7 Å². The molecule has 0 unspecified atom stereocenters. The maximum atomic E-state index is 12.5. The van der Waals surface area contributed by atoms with E-state index < -0.39 is 27.7 Å². The van der Waals surface area contributed by atoms with E-state index in [1.54, 1.807) is 12.3 Å². The number of esters is 1. The lowest BCUT2D eigenvalue weighted by molar-refractivity contribution is -0.137. The normalized spacial score (nSPS) is 12.0. The first-order valence-electron chi connectivity index (χ1n) is 6.67. The number of hydrogen-bond acceptors (Lipinski definition) is 6. The van der Waals surface area contributed by atoms with Crippen LogP contribution in [-0.4, -0.2) is 21.5 Å². The molecule has 0 aliphatic rings. The maximum absolute atomic E-state index is 12.5. The van der Waals surface area contributed by atoms with E-state index in [0.717, 1.165) is 23.5 Å². The predicted octanol–water partition coefficient (Wildman–Crippen LogP) is 3.17. The number of nitrogens with one attached hydrogen (secondary N) is 2. The van der Waals surface area contributed by atoms with Gasteiger partial charge in [-0.15, -0.1) is 16.2 Å². The van der Waals surface area contributed by atoms with Crippen molar-refractivity contribution in [3.8, 4) is 0 Å². The highest BCUT2D eigenvalue weighted by Gasteiger charge is 2.30.